The molecular formula is C11H11F2OSi. The van der Waals surface area contributed by atoms with Gasteiger partial charge in [-0.25, -0.2) is 8.78 Å². The van der Waals surface area contributed by atoms with Crippen LogP contribution in [0.15, 0.2) is 12.7 Å². The Balaban J connectivity index is 3.50. The van der Waals surface area contributed by atoms with Crippen LogP contribution in [-0.2, 0) is 6.42 Å². The highest BCUT2D eigenvalue weighted by molar-refractivity contribution is 6.00. The van der Waals surface area contributed by atoms with E-state index in [1.54, 1.807) is 19.9 Å². The topological polar surface area (TPSA) is 9.23 Å². The number of benzene rings is 1. The third kappa shape index (κ3) is 1.95. The molecule has 0 heterocycles. The summed E-state index contributed by atoms with van der Waals surface area (Å²) in [5.74, 6) is -1.75. The highest BCUT2D eigenvalue weighted by Gasteiger charge is 2.19. The largest absolute Gasteiger partial charge is 0.537 e. The van der Waals surface area contributed by atoms with E-state index >= 15 is 0 Å². The number of hydrogen-bond acceptors (Lipinski definition) is 1. The Morgan fingerprint density at radius 2 is 1.73 bits per heavy atom. The Labute approximate surface area is 91.3 Å². The van der Waals surface area contributed by atoms with Gasteiger partial charge in [0.25, 0.3) is 0 Å². The van der Waals surface area contributed by atoms with Crippen LogP contribution in [0.25, 0.3) is 0 Å². The first kappa shape index (κ1) is 11.9. The maximum Gasteiger partial charge on any atom is 0.341 e. The second-order valence-corrected chi connectivity index (χ2v) is 3.48. The van der Waals surface area contributed by atoms with Crippen molar-refractivity contribution in [2.45, 2.75) is 20.3 Å². The van der Waals surface area contributed by atoms with Crippen molar-refractivity contribution in [3.63, 3.8) is 0 Å². The summed E-state index contributed by atoms with van der Waals surface area (Å²) in [5.41, 5.74) is 1.40. The molecule has 1 rings (SSSR count). The van der Waals surface area contributed by atoms with Crippen LogP contribution in [-0.4, -0.2) is 10.5 Å². The number of rotatable bonds is 3. The smallest absolute Gasteiger partial charge is 0.341 e. The van der Waals surface area contributed by atoms with E-state index in [9.17, 15) is 8.78 Å². The molecule has 0 saturated heterocycles. The lowest BCUT2D eigenvalue weighted by Gasteiger charge is -2.14. The molecule has 4 heteroatoms. The number of hydrogen-bond donors (Lipinski definition) is 0. The first-order valence-corrected chi connectivity index (χ1v) is 4.86. The highest BCUT2D eigenvalue weighted by Crippen LogP contribution is 2.30. The number of allylic oxidation sites excluding steroid dienone is 1. The summed E-state index contributed by atoms with van der Waals surface area (Å²) >= 11 is 0. The third-order valence-electron chi connectivity index (χ3n) is 2.41. The van der Waals surface area contributed by atoms with Crippen LogP contribution in [0, 0.1) is 25.5 Å². The second-order valence-electron chi connectivity index (χ2n) is 3.28. The predicted octanol–water partition coefficient (Wildman–Crippen LogP) is 2.77. The van der Waals surface area contributed by atoms with E-state index in [0.717, 1.165) is 0 Å². The zero-order valence-electron chi connectivity index (χ0n) is 8.66. The van der Waals surface area contributed by atoms with Crippen LogP contribution < -0.4 is 4.43 Å². The van der Waals surface area contributed by atoms with Gasteiger partial charge in [-0.15, -0.1) is 6.58 Å². The molecule has 0 fully saturated rings. The minimum Gasteiger partial charge on any atom is -0.537 e. The lowest BCUT2D eigenvalue weighted by atomic mass is 9.98. The van der Waals surface area contributed by atoms with Crippen LogP contribution >= 0.6 is 0 Å². The standard InChI is InChI=1S/C11H11F2OSi/c1-4-5-8-6(2)9(12)11(14-15)10(13)7(8)3/h4H,1,5H2,2-3H3. The first-order chi connectivity index (χ1) is 7.04. The van der Waals surface area contributed by atoms with E-state index in [1.807, 2.05) is 0 Å². The van der Waals surface area contributed by atoms with Crippen molar-refractivity contribution < 1.29 is 13.2 Å². The molecule has 0 aromatic heterocycles. The monoisotopic (exact) mass is 225 g/mol. The SMILES string of the molecule is C=CCc1c(C)c(F)c(O[Si])c(F)c1C. The van der Waals surface area contributed by atoms with Gasteiger partial charge in [0.2, 0.25) is 0 Å². The maximum atomic E-state index is 13.6. The molecule has 79 valence electrons. The van der Waals surface area contributed by atoms with Gasteiger partial charge in [-0.3, -0.25) is 0 Å². The van der Waals surface area contributed by atoms with E-state index in [2.05, 4.69) is 21.5 Å². The van der Waals surface area contributed by atoms with Crippen LogP contribution in [0.5, 0.6) is 5.75 Å². The fourth-order valence-corrected chi connectivity index (χ4v) is 1.70. The molecule has 0 aliphatic heterocycles. The van der Waals surface area contributed by atoms with Crippen molar-refractivity contribution in [3.05, 3.63) is 41.0 Å². The van der Waals surface area contributed by atoms with E-state index in [-0.39, 0.29) is 0 Å². The summed E-state index contributed by atoms with van der Waals surface area (Å²) in [6.45, 7) is 6.74. The Morgan fingerprint density at radius 1 is 1.27 bits per heavy atom. The molecule has 0 aliphatic rings. The molecule has 3 radical (unpaired) electrons. The van der Waals surface area contributed by atoms with Crippen LogP contribution in [0.2, 0.25) is 0 Å². The van der Waals surface area contributed by atoms with E-state index in [0.29, 0.717) is 23.1 Å². The summed E-state index contributed by atoms with van der Waals surface area (Å²) in [5, 5.41) is 0. The molecule has 0 saturated carbocycles. The first-order valence-electron chi connectivity index (χ1n) is 4.46. The molecule has 0 aliphatic carbocycles. The van der Waals surface area contributed by atoms with Gasteiger partial charge in [0.1, 0.15) is 0 Å². The number of halogens is 2. The fraction of sp³-hybridized carbons (Fsp3) is 0.273. The zero-order valence-corrected chi connectivity index (χ0v) is 9.66. The van der Waals surface area contributed by atoms with Gasteiger partial charge < -0.3 is 4.43 Å². The fourth-order valence-electron chi connectivity index (χ4n) is 1.52. The van der Waals surface area contributed by atoms with Crippen LogP contribution in [0.3, 0.4) is 0 Å². The second kappa shape index (κ2) is 4.57. The maximum absolute atomic E-state index is 13.6. The summed E-state index contributed by atoms with van der Waals surface area (Å²) in [6, 6.07) is 0. The van der Waals surface area contributed by atoms with Crippen LogP contribution in [0.4, 0.5) is 8.78 Å². The van der Waals surface area contributed by atoms with E-state index in [4.69, 9.17) is 0 Å². The normalized spacial score (nSPS) is 10.2. The molecule has 1 nitrogen and oxygen atoms in total. The molecule has 0 bridgehead atoms. The molecule has 15 heavy (non-hydrogen) atoms. The Bertz CT molecular complexity index is 373. The van der Waals surface area contributed by atoms with E-state index < -0.39 is 17.4 Å². The Kier molecular flexibility index (Phi) is 3.63. The molecule has 0 unspecified atom stereocenters. The molecule has 0 atom stereocenters. The Morgan fingerprint density at radius 3 is 2.07 bits per heavy atom. The minimum atomic E-state index is -0.676. The van der Waals surface area contributed by atoms with Crippen molar-refractivity contribution in [2.24, 2.45) is 0 Å². The summed E-state index contributed by atoms with van der Waals surface area (Å²) < 4.78 is 31.7. The van der Waals surface area contributed by atoms with Crippen molar-refractivity contribution in [1.82, 2.24) is 0 Å². The molecule has 0 amide bonds. The van der Waals surface area contributed by atoms with Crippen molar-refractivity contribution in [2.75, 3.05) is 0 Å². The van der Waals surface area contributed by atoms with Gasteiger partial charge in [-0.05, 0) is 37.0 Å². The van der Waals surface area contributed by atoms with Crippen molar-refractivity contribution in [3.8, 4) is 5.75 Å². The van der Waals surface area contributed by atoms with E-state index in [1.165, 1.54) is 0 Å². The molecule has 0 N–H and O–H groups in total. The van der Waals surface area contributed by atoms with Gasteiger partial charge in [-0.2, -0.15) is 0 Å². The average Bonchev–Trinajstić information content (AvgIpc) is 2.23. The van der Waals surface area contributed by atoms with Gasteiger partial charge >= 0.3 is 10.5 Å². The molecule has 1 aromatic rings. The van der Waals surface area contributed by atoms with Crippen molar-refractivity contribution in [1.29, 1.82) is 0 Å². The molecular weight excluding hydrogens is 214 g/mol. The van der Waals surface area contributed by atoms with Gasteiger partial charge in [-0.1, -0.05) is 6.08 Å². The summed E-state index contributed by atoms with van der Waals surface area (Å²) in [4.78, 5) is 0. The summed E-state index contributed by atoms with van der Waals surface area (Å²) in [6.07, 6.45) is 2.05. The quantitative estimate of drug-likeness (QED) is 0.567. The van der Waals surface area contributed by atoms with Crippen LogP contribution in [0.1, 0.15) is 16.7 Å². The minimum absolute atomic E-state index is 0.391. The molecule has 0 spiro atoms. The van der Waals surface area contributed by atoms with Gasteiger partial charge in [0.05, 0.1) is 0 Å². The lowest BCUT2D eigenvalue weighted by Crippen LogP contribution is -2.04. The van der Waals surface area contributed by atoms with Crippen molar-refractivity contribution >= 4 is 10.5 Å². The van der Waals surface area contributed by atoms with Gasteiger partial charge in [0, 0.05) is 0 Å². The summed E-state index contributed by atoms with van der Waals surface area (Å²) in [7, 11) is 2.64. The third-order valence-corrected chi connectivity index (χ3v) is 2.62. The Hall–Kier alpha value is -1.16. The predicted molar refractivity (Wildman–Crippen MR) is 56.1 cm³/mol. The molecule has 1 aromatic carbocycles. The highest BCUT2D eigenvalue weighted by atomic mass is 28.2. The average molecular weight is 225 g/mol. The van der Waals surface area contributed by atoms with Gasteiger partial charge in [0.15, 0.2) is 17.4 Å². The lowest BCUT2D eigenvalue weighted by molar-refractivity contribution is 0.467. The zero-order chi connectivity index (χ0) is 11.6.